The first-order valence-electron chi connectivity index (χ1n) is 9.06. The molecular weight excluding hydrogens is 425 g/mol. The number of aliphatic imine (C=N–C) groups is 1. The number of hydrogen-bond donors (Lipinski definition) is 1. The minimum Gasteiger partial charge on any atom is -0.278 e. The summed E-state index contributed by atoms with van der Waals surface area (Å²) in [5.74, 6) is 0.397. The molecule has 1 amide bonds. The first-order valence-corrected chi connectivity index (χ1v) is 10.7. The van der Waals surface area contributed by atoms with Crippen molar-refractivity contribution in [2.45, 2.75) is 21.2 Å². The van der Waals surface area contributed by atoms with E-state index in [-0.39, 0.29) is 11.9 Å². The van der Waals surface area contributed by atoms with Gasteiger partial charge < -0.3 is 0 Å². The predicted octanol–water partition coefficient (Wildman–Crippen LogP) is 5.58. The predicted molar refractivity (Wildman–Crippen MR) is 117 cm³/mol. The van der Waals surface area contributed by atoms with Gasteiger partial charge in [-0.2, -0.15) is 0 Å². The molecule has 0 aliphatic carbocycles. The fourth-order valence-electron chi connectivity index (χ4n) is 3.48. The molecule has 144 valence electrons. The van der Waals surface area contributed by atoms with Crippen molar-refractivity contribution in [1.29, 1.82) is 0 Å². The summed E-state index contributed by atoms with van der Waals surface area (Å²) >= 11 is 14.4. The highest BCUT2D eigenvalue weighted by atomic mass is 35.5. The van der Waals surface area contributed by atoms with Crippen molar-refractivity contribution in [3.63, 3.8) is 0 Å². The molecule has 3 aromatic rings. The second kappa shape index (κ2) is 7.41. The van der Waals surface area contributed by atoms with Crippen molar-refractivity contribution in [2.24, 2.45) is 4.99 Å². The number of fused-ring (bicyclic) bond motifs is 2. The third-order valence-corrected chi connectivity index (χ3v) is 6.85. The highest BCUT2D eigenvalue weighted by Gasteiger charge is 2.49. The largest absolute Gasteiger partial charge is 0.278 e. The van der Waals surface area contributed by atoms with E-state index in [9.17, 15) is 4.79 Å². The van der Waals surface area contributed by atoms with Crippen LogP contribution < -0.4 is 5.43 Å². The highest BCUT2D eigenvalue weighted by Crippen LogP contribution is 2.42. The molecule has 0 saturated carbocycles. The summed E-state index contributed by atoms with van der Waals surface area (Å²) in [5.41, 5.74) is 5.81. The molecule has 2 aliphatic heterocycles. The van der Waals surface area contributed by atoms with Crippen molar-refractivity contribution >= 4 is 52.4 Å². The molecule has 7 heteroatoms. The lowest BCUT2D eigenvalue weighted by Gasteiger charge is -2.44. The number of hydrazine groups is 1. The average molecular weight is 440 g/mol. The number of carbonyl (C=O) groups is 1. The minimum absolute atomic E-state index is 0.207. The number of nitrogens with one attached hydrogen (secondary N) is 1. The van der Waals surface area contributed by atoms with E-state index in [0.29, 0.717) is 10.9 Å². The van der Waals surface area contributed by atoms with Crippen molar-refractivity contribution in [2.75, 3.05) is 0 Å². The van der Waals surface area contributed by atoms with Gasteiger partial charge in [0.05, 0.1) is 5.69 Å². The summed E-state index contributed by atoms with van der Waals surface area (Å²) in [4.78, 5) is 19.6. The van der Waals surface area contributed by atoms with Gasteiger partial charge >= 0.3 is 0 Å². The van der Waals surface area contributed by atoms with E-state index >= 15 is 0 Å². The first kappa shape index (κ1) is 18.6. The Morgan fingerprint density at radius 3 is 2.45 bits per heavy atom. The molecule has 2 heterocycles. The number of halogens is 2. The van der Waals surface area contributed by atoms with Gasteiger partial charge in [-0.1, -0.05) is 71.9 Å². The number of β-lactam (4-membered cyclic amide) rings is 1. The monoisotopic (exact) mass is 439 g/mol. The molecule has 0 radical (unpaired) electrons. The first-order chi connectivity index (χ1) is 14.1. The lowest BCUT2D eigenvalue weighted by Crippen LogP contribution is -2.63. The van der Waals surface area contributed by atoms with Crippen LogP contribution in [0.3, 0.4) is 0 Å². The number of para-hydroxylation sites is 1. The highest BCUT2D eigenvalue weighted by molar-refractivity contribution is 7.99. The Hall–Kier alpha value is -2.47. The second-order valence-electron chi connectivity index (χ2n) is 6.71. The van der Waals surface area contributed by atoms with Crippen LogP contribution in [0.4, 0.5) is 5.69 Å². The zero-order valence-electron chi connectivity index (χ0n) is 15.0. The maximum absolute atomic E-state index is 12.6. The van der Waals surface area contributed by atoms with Crippen LogP contribution in [0.15, 0.2) is 87.6 Å². The van der Waals surface area contributed by atoms with E-state index in [1.807, 2.05) is 66.7 Å². The maximum Gasteiger partial charge on any atom is 0.262 e. The quantitative estimate of drug-likeness (QED) is 0.418. The standard InChI is InChI=1S/C22H15Cl2N3OS/c23-15-9-3-1-7-13(15)20-19(24)22(28)27(20)26-21-14-8-2-5-11-17(14)29-18-12-6-4-10-16(18)25-21/h1-12,19-20H,(H,25,26)/t19-,20-/m1/s1. The minimum atomic E-state index is -0.675. The zero-order chi connectivity index (χ0) is 20.0. The number of alkyl halides is 1. The summed E-state index contributed by atoms with van der Waals surface area (Å²) < 4.78 is 0. The van der Waals surface area contributed by atoms with E-state index in [0.717, 1.165) is 26.6 Å². The van der Waals surface area contributed by atoms with E-state index in [2.05, 4.69) is 5.43 Å². The molecule has 1 N–H and O–H groups in total. The topological polar surface area (TPSA) is 44.7 Å². The zero-order valence-corrected chi connectivity index (χ0v) is 17.4. The summed E-state index contributed by atoms with van der Waals surface area (Å²) in [6, 6.07) is 23.0. The van der Waals surface area contributed by atoms with E-state index in [1.165, 1.54) is 5.01 Å². The third-order valence-electron chi connectivity index (χ3n) is 4.94. The van der Waals surface area contributed by atoms with Gasteiger partial charge in [-0.25, -0.2) is 10.0 Å². The molecule has 2 atom stereocenters. The molecule has 1 saturated heterocycles. The van der Waals surface area contributed by atoms with Gasteiger partial charge in [-0.05, 0) is 29.8 Å². The van der Waals surface area contributed by atoms with Crippen LogP contribution in [0.1, 0.15) is 17.2 Å². The van der Waals surface area contributed by atoms with Crippen LogP contribution in [-0.4, -0.2) is 22.1 Å². The molecular formula is C22H15Cl2N3OS. The van der Waals surface area contributed by atoms with Gasteiger partial charge in [-0.3, -0.25) is 10.2 Å². The smallest absolute Gasteiger partial charge is 0.262 e. The Kier molecular flexibility index (Phi) is 4.74. The van der Waals surface area contributed by atoms with Gasteiger partial charge in [-0.15, -0.1) is 11.6 Å². The normalized spacial score (nSPS) is 20.1. The molecule has 29 heavy (non-hydrogen) atoms. The molecule has 0 aromatic heterocycles. The number of amides is 1. The maximum atomic E-state index is 12.6. The van der Waals surface area contributed by atoms with Crippen LogP contribution in [0, 0.1) is 0 Å². The van der Waals surface area contributed by atoms with Crippen LogP contribution in [-0.2, 0) is 4.79 Å². The van der Waals surface area contributed by atoms with Crippen molar-refractivity contribution in [3.8, 4) is 0 Å². The lowest BCUT2D eigenvalue weighted by molar-refractivity contribution is -0.148. The number of carbonyl (C=O) groups excluding carboxylic acids is 1. The Morgan fingerprint density at radius 1 is 0.931 bits per heavy atom. The molecule has 1 fully saturated rings. The molecule has 0 bridgehead atoms. The van der Waals surface area contributed by atoms with Crippen LogP contribution in [0.2, 0.25) is 5.02 Å². The van der Waals surface area contributed by atoms with E-state index in [4.69, 9.17) is 28.2 Å². The number of nitrogens with zero attached hydrogens (tertiary/aromatic N) is 2. The molecule has 2 aliphatic rings. The molecule has 5 rings (SSSR count). The van der Waals surface area contributed by atoms with Gasteiger partial charge in [0.15, 0.2) is 5.84 Å². The molecule has 0 spiro atoms. The molecule has 0 unspecified atom stereocenters. The fraction of sp³-hybridized carbons (Fsp3) is 0.0909. The molecule has 4 nitrogen and oxygen atoms in total. The number of amidine groups is 1. The fourth-order valence-corrected chi connectivity index (χ4v) is 5.10. The Morgan fingerprint density at radius 2 is 1.62 bits per heavy atom. The lowest BCUT2D eigenvalue weighted by atomic mass is 9.95. The van der Waals surface area contributed by atoms with Gasteiger partial charge in [0.1, 0.15) is 11.4 Å². The summed E-state index contributed by atoms with van der Waals surface area (Å²) in [5, 5.41) is 1.42. The number of benzene rings is 3. The van der Waals surface area contributed by atoms with E-state index in [1.54, 1.807) is 17.8 Å². The van der Waals surface area contributed by atoms with Crippen LogP contribution in [0.5, 0.6) is 0 Å². The van der Waals surface area contributed by atoms with Gasteiger partial charge in [0.25, 0.3) is 5.91 Å². The Bertz CT molecular complexity index is 1150. The Labute approximate surface area is 182 Å². The van der Waals surface area contributed by atoms with E-state index < -0.39 is 5.38 Å². The van der Waals surface area contributed by atoms with Gasteiger partial charge in [0, 0.05) is 20.4 Å². The van der Waals surface area contributed by atoms with Crippen LogP contribution in [0.25, 0.3) is 0 Å². The van der Waals surface area contributed by atoms with Crippen molar-refractivity contribution in [1.82, 2.24) is 10.4 Å². The van der Waals surface area contributed by atoms with Crippen molar-refractivity contribution < 1.29 is 4.79 Å². The second-order valence-corrected chi connectivity index (χ2v) is 8.68. The number of rotatable bonds is 2. The van der Waals surface area contributed by atoms with Gasteiger partial charge in [0.2, 0.25) is 0 Å². The summed E-state index contributed by atoms with van der Waals surface area (Å²) in [6.07, 6.45) is 0. The van der Waals surface area contributed by atoms with Crippen LogP contribution >= 0.6 is 35.0 Å². The molecule has 3 aromatic carbocycles. The van der Waals surface area contributed by atoms with Crippen molar-refractivity contribution in [3.05, 3.63) is 88.9 Å². The third kappa shape index (κ3) is 3.19. The number of hydrogen-bond acceptors (Lipinski definition) is 4. The average Bonchev–Trinajstić information content (AvgIpc) is 2.91. The summed E-state index contributed by atoms with van der Waals surface area (Å²) in [7, 11) is 0. The SMILES string of the molecule is O=C1[C@H](Cl)[C@@H](c2ccccc2Cl)N1NC1=Nc2ccccc2Sc2ccccc21. The summed E-state index contributed by atoms with van der Waals surface area (Å²) in [6.45, 7) is 0. The Balaban J connectivity index is 1.56.